The molecule has 2 heterocycles. The molecule has 2 aliphatic rings. The van der Waals surface area contributed by atoms with Crippen LogP contribution in [0.5, 0.6) is 5.75 Å². The SMILES string of the molecule is CN1CCC2(CC1)NC(=O)c1cc(Br)ccc1O2. The third kappa shape index (κ3) is 2.01. The number of halogens is 1. The summed E-state index contributed by atoms with van der Waals surface area (Å²) in [5, 5.41) is 3.03. The monoisotopic (exact) mass is 310 g/mol. The Morgan fingerprint density at radius 3 is 2.83 bits per heavy atom. The molecule has 0 atom stereocenters. The van der Waals surface area contributed by atoms with E-state index in [-0.39, 0.29) is 5.91 Å². The van der Waals surface area contributed by atoms with E-state index in [0.29, 0.717) is 11.3 Å². The van der Waals surface area contributed by atoms with E-state index >= 15 is 0 Å². The Labute approximate surface area is 114 Å². The molecule has 3 rings (SSSR count). The summed E-state index contributed by atoms with van der Waals surface area (Å²) in [5.41, 5.74) is 0.0960. The molecule has 0 unspecified atom stereocenters. The molecule has 5 heteroatoms. The van der Waals surface area contributed by atoms with Crippen molar-refractivity contribution in [2.75, 3.05) is 20.1 Å². The first-order valence-corrected chi connectivity index (χ1v) is 6.87. The highest BCUT2D eigenvalue weighted by Gasteiger charge is 2.41. The lowest BCUT2D eigenvalue weighted by Crippen LogP contribution is -2.60. The van der Waals surface area contributed by atoms with Crippen LogP contribution in [0.25, 0.3) is 0 Å². The van der Waals surface area contributed by atoms with E-state index in [4.69, 9.17) is 4.74 Å². The molecule has 0 radical (unpaired) electrons. The standard InChI is InChI=1S/C13H15BrN2O2/c1-16-6-4-13(5-7-16)15-12(17)10-8-9(14)2-3-11(10)18-13/h2-3,8H,4-7H2,1H3,(H,15,17). The van der Waals surface area contributed by atoms with E-state index in [1.54, 1.807) is 6.07 Å². The Kier molecular flexibility index (Phi) is 2.83. The van der Waals surface area contributed by atoms with Crippen LogP contribution in [0.1, 0.15) is 23.2 Å². The van der Waals surface area contributed by atoms with Gasteiger partial charge in [0.1, 0.15) is 5.75 Å². The molecule has 0 aromatic heterocycles. The van der Waals surface area contributed by atoms with E-state index in [1.807, 2.05) is 12.1 Å². The van der Waals surface area contributed by atoms with Crippen LogP contribution in [-0.4, -0.2) is 36.7 Å². The molecule has 1 amide bonds. The molecule has 4 nitrogen and oxygen atoms in total. The molecule has 1 aromatic carbocycles. The number of piperidine rings is 1. The number of nitrogens with zero attached hydrogens (tertiary/aromatic N) is 1. The fourth-order valence-electron chi connectivity index (χ4n) is 2.49. The van der Waals surface area contributed by atoms with E-state index in [2.05, 4.69) is 33.2 Å². The lowest BCUT2D eigenvalue weighted by Gasteiger charge is -2.43. The average Bonchev–Trinajstić information content (AvgIpc) is 2.35. The van der Waals surface area contributed by atoms with Gasteiger partial charge in [-0.25, -0.2) is 0 Å². The van der Waals surface area contributed by atoms with Crippen LogP contribution in [0.4, 0.5) is 0 Å². The summed E-state index contributed by atoms with van der Waals surface area (Å²) in [5.74, 6) is 0.647. The lowest BCUT2D eigenvalue weighted by atomic mass is 9.97. The number of benzene rings is 1. The van der Waals surface area contributed by atoms with Crippen LogP contribution in [0.15, 0.2) is 22.7 Å². The zero-order valence-electron chi connectivity index (χ0n) is 10.2. The normalized spacial score (nSPS) is 22.2. The number of likely N-dealkylation sites (tertiary alicyclic amines) is 1. The van der Waals surface area contributed by atoms with Crippen LogP contribution in [0.3, 0.4) is 0 Å². The van der Waals surface area contributed by atoms with Crippen LogP contribution < -0.4 is 10.1 Å². The molecular weight excluding hydrogens is 296 g/mol. The molecule has 2 aliphatic heterocycles. The summed E-state index contributed by atoms with van der Waals surface area (Å²) >= 11 is 3.37. The van der Waals surface area contributed by atoms with Crippen LogP contribution in [0.2, 0.25) is 0 Å². The van der Waals surface area contributed by atoms with Gasteiger partial charge in [0.15, 0.2) is 5.72 Å². The first kappa shape index (κ1) is 12.0. The molecule has 1 saturated heterocycles. The Morgan fingerprint density at radius 2 is 2.11 bits per heavy atom. The number of nitrogens with one attached hydrogen (secondary N) is 1. The molecule has 0 aliphatic carbocycles. The summed E-state index contributed by atoms with van der Waals surface area (Å²) in [6, 6.07) is 5.56. The summed E-state index contributed by atoms with van der Waals surface area (Å²) < 4.78 is 6.94. The van der Waals surface area contributed by atoms with Crippen molar-refractivity contribution in [3.63, 3.8) is 0 Å². The predicted octanol–water partition coefficient (Wildman–Crippen LogP) is 1.99. The predicted molar refractivity (Wildman–Crippen MR) is 71.7 cm³/mol. The second kappa shape index (κ2) is 4.24. The molecule has 0 saturated carbocycles. The van der Waals surface area contributed by atoms with Crippen molar-refractivity contribution < 1.29 is 9.53 Å². The molecule has 96 valence electrons. The minimum Gasteiger partial charge on any atom is -0.467 e. The van der Waals surface area contributed by atoms with Crippen LogP contribution >= 0.6 is 15.9 Å². The zero-order chi connectivity index (χ0) is 12.8. The largest absolute Gasteiger partial charge is 0.467 e. The molecule has 18 heavy (non-hydrogen) atoms. The molecule has 0 bridgehead atoms. The van der Waals surface area contributed by atoms with Gasteiger partial charge in [0.05, 0.1) is 5.56 Å². The van der Waals surface area contributed by atoms with Gasteiger partial charge >= 0.3 is 0 Å². The van der Waals surface area contributed by atoms with Crippen LogP contribution in [-0.2, 0) is 0 Å². The summed E-state index contributed by atoms with van der Waals surface area (Å²) in [6.07, 6.45) is 1.65. The number of hydrogen-bond donors (Lipinski definition) is 1. The number of hydrogen-bond acceptors (Lipinski definition) is 3. The number of ether oxygens (including phenoxy) is 1. The van der Waals surface area contributed by atoms with Crippen molar-refractivity contribution in [1.82, 2.24) is 10.2 Å². The summed E-state index contributed by atoms with van der Waals surface area (Å²) in [6.45, 7) is 1.87. The van der Waals surface area contributed by atoms with Gasteiger partial charge in [0.25, 0.3) is 5.91 Å². The minimum atomic E-state index is -0.510. The smallest absolute Gasteiger partial charge is 0.258 e. The summed E-state index contributed by atoms with van der Waals surface area (Å²) in [7, 11) is 2.09. The highest BCUT2D eigenvalue weighted by molar-refractivity contribution is 9.10. The number of carbonyl (C=O) groups excluding carboxylic acids is 1. The molecule has 1 fully saturated rings. The minimum absolute atomic E-state index is 0.0397. The first-order chi connectivity index (χ1) is 8.58. The van der Waals surface area contributed by atoms with Gasteiger partial charge in [-0.3, -0.25) is 4.79 Å². The lowest BCUT2D eigenvalue weighted by molar-refractivity contribution is -0.0242. The highest BCUT2D eigenvalue weighted by atomic mass is 79.9. The number of rotatable bonds is 0. The Hall–Kier alpha value is -1.07. The van der Waals surface area contributed by atoms with Crippen molar-refractivity contribution in [1.29, 1.82) is 0 Å². The molecule has 1 N–H and O–H groups in total. The Morgan fingerprint density at radius 1 is 1.39 bits per heavy atom. The van der Waals surface area contributed by atoms with Crippen molar-refractivity contribution >= 4 is 21.8 Å². The van der Waals surface area contributed by atoms with Gasteiger partial charge in [-0.1, -0.05) is 15.9 Å². The number of amides is 1. The van der Waals surface area contributed by atoms with Gasteiger partial charge in [0, 0.05) is 30.4 Å². The van der Waals surface area contributed by atoms with Crippen LogP contribution in [0, 0.1) is 0 Å². The van der Waals surface area contributed by atoms with E-state index in [9.17, 15) is 4.79 Å². The molecule has 1 aromatic rings. The number of carbonyl (C=O) groups is 1. The van der Waals surface area contributed by atoms with Gasteiger partial charge in [-0.15, -0.1) is 0 Å². The summed E-state index contributed by atoms with van der Waals surface area (Å²) in [4.78, 5) is 14.4. The van der Waals surface area contributed by atoms with E-state index < -0.39 is 5.72 Å². The second-order valence-corrected chi connectivity index (χ2v) is 5.91. The maximum absolute atomic E-state index is 12.2. The van der Waals surface area contributed by atoms with Gasteiger partial charge in [0.2, 0.25) is 0 Å². The second-order valence-electron chi connectivity index (χ2n) is 4.99. The van der Waals surface area contributed by atoms with Gasteiger partial charge in [-0.05, 0) is 25.2 Å². The van der Waals surface area contributed by atoms with Crippen molar-refractivity contribution in [2.24, 2.45) is 0 Å². The average molecular weight is 311 g/mol. The van der Waals surface area contributed by atoms with Gasteiger partial charge in [-0.2, -0.15) is 0 Å². The maximum atomic E-state index is 12.2. The molecule has 1 spiro atoms. The van der Waals surface area contributed by atoms with Crippen molar-refractivity contribution in [2.45, 2.75) is 18.6 Å². The Bertz CT molecular complexity index is 496. The third-order valence-corrected chi connectivity index (χ3v) is 4.12. The topological polar surface area (TPSA) is 41.6 Å². The maximum Gasteiger partial charge on any atom is 0.258 e. The van der Waals surface area contributed by atoms with E-state index in [0.717, 1.165) is 30.4 Å². The van der Waals surface area contributed by atoms with Crippen molar-refractivity contribution in [3.05, 3.63) is 28.2 Å². The quantitative estimate of drug-likeness (QED) is 0.797. The van der Waals surface area contributed by atoms with Gasteiger partial charge < -0.3 is 15.0 Å². The first-order valence-electron chi connectivity index (χ1n) is 6.08. The molecular formula is C13H15BrN2O2. The third-order valence-electron chi connectivity index (χ3n) is 3.63. The number of fused-ring (bicyclic) bond motifs is 1. The fourth-order valence-corrected chi connectivity index (χ4v) is 2.85. The Balaban J connectivity index is 1.92. The van der Waals surface area contributed by atoms with E-state index in [1.165, 1.54) is 0 Å². The fraction of sp³-hybridized carbons (Fsp3) is 0.462. The highest BCUT2D eigenvalue weighted by Crippen LogP contribution is 2.34. The zero-order valence-corrected chi connectivity index (χ0v) is 11.8. The van der Waals surface area contributed by atoms with Crippen molar-refractivity contribution in [3.8, 4) is 5.75 Å².